The van der Waals surface area contributed by atoms with Crippen molar-refractivity contribution in [2.75, 3.05) is 0 Å². The lowest BCUT2D eigenvalue weighted by atomic mass is 9.94. The molecule has 2 aliphatic rings. The first-order valence-corrected chi connectivity index (χ1v) is 5.29. The summed E-state index contributed by atoms with van der Waals surface area (Å²) in [6.07, 6.45) is 5.36. The van der Waals surface area contributed by atoms with E-state index in [1.165, 1.54) is 12.8 Å². The van der Waals surface area contributed by atoms with Crippen LogP contribution >= 0.6 is 0 Å². The number of ether oxygens (including phenoxy) is 1. The van der Waals surface area contributed by atoms with Gasteiger partial charge in [-0.25, -0.2) is 4.79 Å². The van der Waals surface area contributed by atoms with E-state index in [2.05, 4.69) is 0 Å². The Balaban J connectivity index is 2.06. The fraction of sp³-hybridized carbons (Fsp3) is 0.727. The van der Waals surface area contributed by atoms with E-state index in [4.69, 9.17) is 4.74 Å². The molecule has 0 spiro atoms. The molecule has 14 heavy (non-hydrogen) atoms. The van der Waals surface area contributed by atoms with Gasteiger partial charge in [0.05, 0.1) is 11.7 Å². The predicted octanol–water partition coefficient (Wildman–Crippen LogP) is 1.41. The number of carbonyl (C=O) groups is 1. The van der Waals surface area contributed by atoms with Crippen LogP contribution in [-0.4, -0.2) is 23.3 Å². The molecule has 1 aliphatic heterocycles. The fourth-order valence-electron chi connectivity index (χ4n) is 2.34. The molecule has 1 N–H and O–H groups in total. The summed E-state index contributed by atoms with van der Waals surface area (Å²) in [5.74, 6) is -0.0731. The SMILES string of the molecule is C[C@H]1C=C([C@H](O)C2CCCC2)C(=O)O1. The number of aliphatic hydroxyl groups is 1. The highest BCUT2D eigenvalue weighted by atomic mass is 16.5. The average Bonchev–Trinajstić information content (AvgIpc) is 2.73. The Morgan fingerprint density at radius 2 is 2.14 bits per heavy atom. The highest BCUT2D eigenvalue weighted by Gasteiger charge is 2.34. The molecule has 1 heterocycles. The first-order chi connectivity index (χ1) is 6.68. The van der Waals surface area contributed by atoms with E-state index in [0.717, 1.165) is 12.8 Å². The zero-order chi connectivity index (χ0) is 10.1. The summed E-state index contributed by atoms with van der Waals surface area (Å²) in [6.45, 7) is 1.81. The largest absolute Gasteiger partial charge is 0.455 e. The number of carbonyl (C=O) groups excluding carboxylic acids is 1. The Bertz CT molecular complexity index is 264. The van der Waals surface area contributed by atoms with Gasteiger partial charge in [0.1, 0.15) is 6.10 Å². The molecule has 2 rings (SSSR count). The van der Waals surface area contributed by atoms with Crippen LogP contribution in [0.4, 0.5) is 0 Å². The smallest absolute Gasteiger partial charge is 0.337 e. The van der Waals surface area contributed by atoms with E-state index in [9.17, 15) is 9.90 Å². The van der Waals surface area contributed by atoms with Crippen molar-refractivity contribution in [3.8, 4) is 0 Å². The van der Waals surface area contributed by atoms with E-state index < -0.39 is 6.10 Å². The summed E-state index contributed by atoms with van der Waals surface area (Å²) in [5, 5.41) is 9.97. The van der Waals surface area contributed by atoms with Crippen LogP contribution in [0.25, 0.3) is 0 Å². The van der Waals surface area contributed by atoms with Crippen molar-refractivity contribution in [2.24, 2.45) is 5.92 Å². The van der Waals surface area contributed by atoms with Crippen LogP contribution < -0.4 is 0 Å². The minimum absolute atomic E-state index is 0.173. The molecule has 0 aromatic heterocycles. The van der Waals surface area contributed by atoms with Gasteiger partial charge in [-0.05, 0) is 31.8 Å². The molecule has 0 radical (unpaired) electrons. The zero-order valence-electron chi connectivity index (χ0n) is 8.40. The highest BCUT2D eigenvalue weighted by molar-refractivity contribution is 5.92. The van der Waals surface area contributed by atoms with Gasteiger partial charge in [0, 0.05) is 0 Å². The lowest BCUT2D eigenvalue weighted by Crippen LogP contribution is -2.23. The van der Waals surface area contributed by atoms with Gasteiger partial charge in [0.25, 0.3) is 0 Å². The molecule has 78 valence electrons. The molecule has 0 aromatic carbocycles. The number of hydrogen-bond acceptors (Lipinski definition) is 3. The van der Waals surface area contributed by atoms with Crippen molar-refractivity contribution in [1.29, 1.82) is 0 Å². The molecule has 0 bridgehead atoms. The van der Waals surface area contributed by atoms with Crippen molar-refractivity contribution in [1.82, 2.24) is 0 Å². The molecule has 1 fully saturated rings. The van der Waals surface area contributed by atoms with Crippen molar-refractivity contribution < 1.29 is 14.6 Å². The third-order valence-corrected chi connectivity index (χ3v) is 3.11. The zero-order valence-corrected chi connectivity index (χ0v) is 8.40. The van der Waals surface area contributed by atoms with Crippen molar-refractivity contribution >= 4 is 5.97 Å². The van der Waals surface area contributed by atoms with Crippen LogP contribution in [0.15, 0.2) is 11.6 Å². The van der Waals surface area contributed by atoms with Crippen LogP contribution in [0.3, 0.4) is 0 Å². The third kappa shape index (κ3) is 1.69. The number of aliphatic hydroxyl groups excluding tert-OH is 1. The fourth-order valence-corrected chi connectivity index (χ4v) is 2.34. The Morgan fingerprint density at radius 1 is 1.50 bits per heavy atom. The standard InChI is InChI=1S/C11H16O3/c1-7-6-9(11(13)14-7)10(12)8-4-2-3-5-8/h6-8,10,12H,2-5H2,1H3/t7-,10+/m0/s1. The first kappa shape index (κ1) is 9.71. The average molecular weight is 196 g/mol. The van der Waals surface area contributed by atoms with E-state index in [0.29, 0.717) is 5.57 Å². The molecule has 3 nitrogen and oxygen atoms in total. The Hall–Kier alpha value is -0.830. The van der Waals surface area contributed by atoms with Gasteiger partial charge in [-0.2, -0.15) is 0 Å². The van der Waals surface area contributed by atoms with Crippen molar-refractivity contribution in [2.45, 2.75) is 44.8 Å². The Kier molecular flexibility index (Phi) is 2.59. The topological polar surface area (TPSA) is 46.5 Å². The molecule has 1 saturated carbocycles. The van der Waals surface area contributed by atoms with E-state index in [-0.39, 0.29) is 18.0 Å². The van der Waals surface area contributed by atoms with Crippen LogP contribution in [0.2, 0.25) is 0 Å². The molecular formula is C11H16O3. The molecule has 1 aliphatic carbocycles. The predicted molar refractivity (Wildman–Crippen MR) is 51.6 cm³/mol. The second-order valence-corrected chi connectivity index (χ2v) is 4.22. The molecule has 3 heteroatoms. The molecule has 0 saturated heterocycles. The summed E-state index contributed by atoms with van der Waals surface area (Å²) in [4.78, 5) is 11.3. The van der Waals surface area contributed by atoms with Crippen molar-refractivity contribution in [3.63, 3.8) is 0 Å². The van der Waals surface area contributed by atoms with Gasteiger partial charge in [-0.1, -0.05) is 12.8 Å². The number of hydrogen-bond donors (Lipinski definition) is 1. The maximum Gasteiger partial charge on any atom is 0.337 e. The normalized spacial score (nSPS) is 30.3. The minimum atomic E-state index is -0.602. The summed E-state index contributed by atoms with van der Waals surface area (Å²) in [7, 11) is 0. The van der Waals surface area contributed by atoms with E-state index in [1.54, 1.807) is 6.08 Å². The third-order valence-electron chi connectivity index (χ3n) is 3.11. The van der Waals surface area contributed by atoms with E-state index in [1.807, 2.05) is 6.92 Å². The summed E-state index contributed by atoms with van der Waals surface area (Å²) < 4.78 is 4.96. The van der Waals surface area contributed by atoms with Crippen LogP contribution in [0, 0.1) is 5.92 Å². The monoisotopic (exact) mass is 196 g/mol. The van der Waals surface area contributed by atoms with Gasteiger partial charge in [0.15, 0.2) is 0 Å². The van der Waals surface area contributed by atoms with Gasteiger partial charge in [0.2, 0.25) is 0 Å². The number of rotatable bonds is 2. The van der Waals surface area contributed by atoms with Gasteiger partial charge in [-0.3, -0.25) is 0 Å². The van der Waals surface area contributed by atoms with Crippen LogP contribution in [-0.2, 0) is 9.53 Å². The number of cyclic esters (lactones) is 1. The Labute approximate surface area is 83.8 Å². The summed E-state index contributed by atoms with van der Waals surface area (Å²) >= 11 is 0. The molecule has 2 atom stereocenters. The maximum atomic E-state index is 11.3. The quantitative estimate of drug-likeness (QED) is 0.679. The summed E-state index contributed by atoms with van der Waals surface area (Å²) in [6, 6.07) is 0. The maximum absolute atomic E-state index is 11.3. The highest BCUT2D eigenvalue weighted by Crippen LogP contribution is 2.32. The van der Waals surface area contributed by atoms with Gasteiger partial charge >= 0.3 is 5.97 Å². The molecule has 0 unspecified atom stereocenters. The van der Waals surface area contributed by atoms with Gasteiger partial charge in [-0.15, -0.1) is 0 Å². The number of esters is 1. The Morgan fingerprint density at radius 3 is 2.64 bits per heavy atom. The summed E-state index contributed by atoms with van der Waals surface area (Å²) in [5.41, 5.74) is 0.476. The lowest BCUT2D eigenvalue weighted by molar-refractivity contribution is -0.140. The lowest BCUT2D eigenvalue weighted by Gasteiger charge is -2.16. The van der Waals surface area contributed by atoms with Crippen LogP contribution in [0.5, 0.6) is 0 Å². The second-order valence-electron chi connectivity index (χ2n) is 4.22. The van der Waals surface area contributed by atoms with Crippen molar-refractivity contribution in [3.05, 3.63) is 11.6 Å². The minimum Gasteiger partial charge on any atom is -0.455 e. The second kappa shape index (κ2) is 3.73. The van der Waals surface area contributed by atoms with E-state index >= 15 is 0 Å². The molecule has 0 aromatic rings. The first-order valence-electron chi connectivity index (χ1n) is 5.29. The van der Waals surface area contributed by atoms with Gasteiger partial charge < -0.3 is 9.84 Å². The molecular weight excluding hydrogens is 180 g/mol. The molecule has 0 amide bonds. The van der Waals surface area contributed by atoms with Crippen LogP contribution in [0.1, 0.15) is 32.6 Å².